The van der Waals surface area contributed by atoms with Crippen LogP contribution in [0.15, 0.2) is 18.2 Å². The highest BCUT2D eigenvalue weighted by molar-refractivity contribution is 5.55. The molecule has 0 amide bonds. The third-order valence-corrected chi connectivity index (χ3v) is 3.54. The van der Waals surface area contributed by atoms with Gasteiger partial charge in [-0.25, -0.2) is 0 Å². The Morgan fingerprint density at radius 3 is 3.00 bits per heavy atom. The largest absolute Gasteiger partial charge is 0.391 e. The number of anilines is 1. The van der Waals surface area contributed by atoms with Crippen molar-refractivity contribution < 1.29 is 5.11 Å². The molecule has 0 aliphatic carbocycles. The Bertz CT molecular complexity index is 392. The van der Waals surface area contributed by atoms with Crippen LogP contribution >= 0.6 is 0 Å². The maximum atomic E-state index is 9.81. The van der Waals surface area contributed by atoms with Gasteiger partial charge in [0.15, 0.2) is 0 Å². The summed E-state index contributed by atoms with van der Waals surface area (Å²) in [6.07, 6.45) is 1.84. The maximum absolute atomic E-state index is 9.81. The summed E-state index contributed by atoms with van der Waals surface area (Å²) in [7, 11) is 0. The number of rotatable bonds is 4. The van der Waals surface area contributed by atoms with E-state index in [-0.39, 0.29) is 6.10 Å². The molecule has 1 heterocycles. The summed E-state index contributed by atoms with van der Waals surface area (Å²) in [6, 6.07) is 6.60. The molecule has 0 radical (unpaired) electrons. The van der Waals surface area contributed by atoms with Crippen LogP contribution in [-0.2, 0) is 6.54 Å². The maximum Gasteiger partial charge on any atom is 0.0715 e. The van der Waals surface area contributed by atoms with Gasteiger partial charge in [-0.2, -0.15) is 0 Å². The number of nitrogens with one attached hydrogen (secondary N) is 1. The summed E-state index contributed by atoms with van der Waals surface area (Å²) in [4.78, 5) is 2.32. The molecule has 0 saturated carbocycles. The van der Waals surface area contributed by atoms with Gasteiger partial charge in [0.25, 0.3) is 0 Å². The SMILES string of the molecule is CCNCc1cc(C)ccc1N1CCCC(O)C1. The van der Waals surface area contributed by atoms with Crippen LogP contribution in [0.3, 0.4) is 0 Å². The van der Waals surface area contributed by atoms with E-state index in [0.29, 0.717) is 0 Å². The van der Waals surface area contributed by atoms with Crippen LogP contribution in [0.25, 0.3) is 0 Å². The van der Waals surface area contributed by atoms with E-state index in [1.54, 1.807) is 0 Å². The zero-order valence-electron chi connectivity index (χ0n) is 11.4. The zero-order chi connectivity index (χ0) is 13.0. The summed E-state index contributed by atoms with van der Waals surface area (Å²) in [6.45, 7) is 7.96. The molecule has 1 aliphatic heterocycles. The van der Waals surface area contributed by atoms with E-state index in [4.69, 9.17) is 0 Å². The molecule has 1 aromatic carbocycles. The minimum atomic E-state index is -0.174. The van der Waals surface area contributed by atoms with Crippen molar-refractivity contribution in [3.05, 3.63) is 29.3 Å². The van der Waals surface area contributed by atoms with Gasteiger partial charge in [0.2, 0.25) is 0 Å². The molecule has 1 atom stereocenters. The van der Waals surface area contributed by atoms with Gasteiger partial charge in [0.1, 0.15) is 0 Å². The average Bonchev–Trinajstić information content (AvgIpc) is 2.36. The van der Waals surface area contributed by atoms with Gasteiger partial charge in [-0.3, -0.25) is 0 Å². The second-order valence-electron chi connectivity index (χ2n) is 5.15. The molecule has 1 aliphatic rings. The Labute approximate surface area is 110 Å². The number of β-amino-alcohol motifs (C(OH)–C–C–N with tert-alkyl or cyclic N) is 1. The fourth-order valence-electron chi connectivity index (χ4n) is 2.60. The second kappa shape index (κ2) is 6.21. The van der Waals surface area contributed by atoms with Crippen LogP contribution in [0, 0.1) is 6.92 Å². The highest BCUT2D eigenvalue weighted by Crippen LogP contribution is 2.25. The number of hydrogen-bond acceptors (Lipinski definition) is 3. The third kappa shape index (κ3) is 3.24. The number of aliphatic hydroxyl groups excluding tert-OH is 1. The normalized spacial score (nSPS) is 20.2. The fourth-order valence-corrected chi connectivity index (χ4v) is 2.60. The molecule has 0 spiro atoms. The lowest BCUT2D eigenvalue weighted by Gasteiger charge is -2.33. The van der Waals surface area contributed by atoms with Crippen molar-refractivity contribution in [2.75, 3.05) is 24.5 Å². The van der Waals surface area contributed by atoms with E-state index in [2.05, 4.69) is 42.3 Å². The molecule has 3 nitrogen and oxygen atoms in total. The van der Waals surface area contributed by atoms with Crippen LogP contribution in [0.4, 0.5) is 5.69 Å². The molecule has 18 heavy (non-hydrogen) atoms. The average molecular weight is 248 g/mol. The van der Waals surface area contributed by atoms with Crippen LogP contribution in [-0.4, -0.2) is 30.8 Å². The van der Waals surface area contributed by atoms with E-state index in [0.717, 1.165) is 39.0 Å². The molecule has 1 saturated heterocycles. The van der Waals surface area contributed by atoms with E-state index in [1.165, 1.54) is 16.8 Å². The van der Waals surface area contributed by atoms with Crippen molar-refractivity contribution >= 4 is 5.69 Å². The topological polar surface area (TPSA) is 35.5 Å². The summed E-state index contributed by atoms with van der Waals surface area (Å²) < 4.78 is 0. The minimum absolute atomic E-state index is 0.174. The van der Waals surface area contributed by atoms with Crippen LogP contribution in [0.5, 0.6) is 0 Å². The van der Waals surface area contributed by atoms with Gasteiger partial charge in [-0.15, -0.1) is 0 Å². The Kier molecular flexibility index (Phi) is 4.61. The lowest BCUT2D eigenvalue weighted by molar-refractivity contribution is 0.154. The van der Waals surface area contributed by atoms with E-state index >= 15 is 0 Å². The Morgan fingerprint density at radius 2 is 2.28 bits per heavy atom. The monoisotopic (exact) mass is 248 g/mol. The molecule has 0 bridgehead atoms. The van der Waals surface area contributed by atoms with Crippen molar-refractivity contribution in [2.45, 2.75) is 39.3 Å². The molecule has 100 valence electrons. The van der Waals surface area contributed by atoms with Crippen LogP contribution < -0.4 is 10.2 Å². The quantitative estimate of drug-likeness (QED) is 0.856. The molecule has 0 aromatic heterocycles. The second-order valence-corrected chi connectivity index (χ2v) is 5.15. The van der Waals surface area contributed by atoms with Gasteiger partial charge < -0.3 is 15.3 Å². The molecular formula is C15H24N2O. The van der Waals surface area contributed by atoms with Crippen LogP contribution in [0.1, 0.15) is 30.9 Å². The lowest BCUT2D eigenvalue weighted by atomic mass is 10.0. The summed E-state index contributed by atoms with van der Waals surface area (Å²) in [5, 5.41) is 13.2. The van der Waals surface area contributed by atoms with Crippen molar-refractivity contribution in [1.82, 2.24) is 5.32 Å². The van der Waals surface area contributed by atoms with Crippen molar-refractivity contribution in [2.24, 2.45) is 0 Å². The smallest absolute Gasteiger partial charge is 0.0715 e. The van der Waals surface area contributed by atoms with Gasteiger partial charge >= 0.3 is 0 Å². The standard InChI is InChI=1S/C15H24N2O/c1-3-16-10-13-9-12(2)6-7-15(13)17-8-4-5-14(18)11-17/h6-7,9,14,16,18H,3-5,8,10-11H2,1-2H3. The number of nitrogens with zero attached hydrogens (tertiary/aromatic N) is 1. The predicted molar refractivity (Wildman–Crippen MR) is 76.0 cm³/mol. The van der Waals surface area contributed by atoms with E-state index < -0.39 is 0 Å². The Balaban J connectivity index is 2.19. The first kappa shape index (κ1) is 13.4. The van der Waals surface area contributed by atoms with E-state index in [1.807, 2.05) is 0 Å². The number of aryl methyl sites for hydroxylation is 1. The van der Waals surface area contributed by atoms with Crippen molar-refractivity contribution in [1.29, 1.82) is 0 Å². The molecule has 2 rings (SSSR count). The zero-order valence-corrected chi connectivity index (χ0v) is 11.4. The number of aliphatic hydroxyl groups is 1. The van der Waals surface area contributed by atoms with Gasteiger partial charge in [-0.05, 0) is 37.9 Å². The first-order valence-electron chi connectivity index (χ1n) is 6.94. The molecule has 2 N–H and O–H groups in total. The molecular weight excluding hydrogens is 224 g/mol. The van der Waals surface area contributed by atoms with E-state index in [9.17, 15) is 5.11 Å². The van der Waals surface area contributed by atoms with Crippen LogP contribution in [0.2, 0.25) is 0 Å². The molecule has 1 aromatic rings. The third-order valence-electron chi connectivity index (χ3n) is 3.54. The van der Waals surface area contributed by atoms with Crippen molar-refractivity contribution in [3.8, 4) is 0 Å². The predicted octanol–water partition coefficient (Wildman–Crippen LogP) is 2.07. The summed E-state index contributed by atoms with van der Waals surface area (Å²) >= 11 is 0. The van der Waals surface area contributed by atoms with Gasteiger partial charge in [0.05, 0.1) is 6.10 Å². The lowest BCUT2D eigenvalue weighted by Crippen LogP contribution is -2.39. The van der Waals surface area contributed by atoms with Crippen molar-refractivity contribution in [3.63, 3.8) is 0 Å². The summed E-state index contributed by atoms with van der Waals surface area (Å²) in [5.74, 6) is 0. The molecule has 1 fully saturated rings. The molecule has 3 heteroatoms. The van der Waals surface area contributed by atoms with Gasteiger partial charge in [-0.1, -0.05) is 24.6 Å². The fraction of sp³-hybridized carbons (Fsp3) is 0.600. The Hall–Kier alpha value is -1.06. The first-order chi connectivity index (χ1) is 8.70. The minimum Gasteiger partial charge on any atom is -0.391 e. The highest BCUT2D eigenvalue weighted by Gasteiger charge is 2.19. The number of hydrogen-bond donors (Lipinski definition) is 2. The number of piperidine rings is 1. The summed E-state index contributed by atoms with van der Waals surface area (Å²) in [5.41, 5.74) is 3.91. The highest BCUT2D eigenvalue weighted by atomic mass is 16.3. The number of benzene rings is 1. The Morgan fingerprint density at radius 1 is 1.44 bits per heavy atom. The molecule has 1 unspecified atom stereocenters. The van der Waals surface area contributed by atoms with Gasteiger partial charge in [0, 0.05) is 25.3 Å². The first-order valence-corrected chi connectivity index (χ1v) is 6.94.